The highest BCUT2D eigenvalue weighted by Crippen LogP contribution is 2.36. The van der Waals surface area contributed by atoms with E-state index in [4.69, 9.17) is 4.74 Å². The van der Waals surface area contributed by atoms with Crippen molar-refractivity contribution in [1.29, 1.82) is 0 Å². The average Bonchev–Trinajstić information content (AvgIpc) is 3.43. The number of amides is 3. The lowest BCUT2D eigenvalue weighted by atomic mass is 9.78. The Morgan fingerprint density at radius 1 is 1.03 bits per heavy atom. The van der Waals surface area contributed by atoms with E-state index < -0.39 is 36.2 Å². The molecule has 0 radical (unpaired) electrons. The molecule has 1 aliphatic carbocycles. The molecular weight excluding hydrogens is 410 g/mol. The molecule has 1 saturated carbocycles. The number of para-hydroxylation sites is 1. The molecular formula is C24H27N3O5. The van der Waals surface area contributed by atoms with Gasteiger partial charge in [-0.15, -0.1) is 0 Å². The number of aryl methyl sites for hydroxylation is 1. The Kier molecular flexibility index (Phi) is 6.39. The maximum atomic E-state index is 13.3. The lowest BCUT2D eigenvalue weighted by Crippen LogP contribution is -2.43. The second kappa shape index (κ2) is 9.38. The van der Waals surface area contributed by atoms with Crippen LogP contribution in [0.3, 0.4) is 0 Å². The van der Waals surface area contributed by atoms with Gasteiger partial charge in [-0.1, -0.05) is 31.0 Å². The van der Waals surface area contributed by atoms with Crippen LogP contribution in [0.2, 0.25) is 0 Å². The van der Waals surface area contributed by atoms with Crippen LogP contribution < -0.4 is 10.2 Å². The topological polar surface area (TPSA) is 97.7 Å². The number of hydrogen-bond donors (Lipinski definition) is 1. The van der Waals surface area contributed by atoms with E-state index in [2.05, 4.69) is 5.32 Å². The molecule has 0 saturated heterocycles. The van der Waals surface area contributed by atoms with Gasteiger partial charge in [0.05, 0.1) is 11.8 Å². The fraction of sp³-hybridized carbons (Fsp3) is 0.417. The van der Waals surface area contributed by atoms with Gasteiger partial charge in [0.2, 0.25) is 5.91 Å². The van der Waals surface area contributed by atoms with Crippen LogP contribution in [0, 0.1) is 11.8 Å². The highest BCUT2D eigenvalue weighted by atomic mass is 16.5. The molecule has 0 spiro atoms. The molecule has 8 nitrogen and oxygen atoms in total. The molecule has 0 bridgehead atoms. The van der Waals surface area contributed by atoms with Crippen molar-refractivity contribution in [2.45, 2.75) is 32.1 Å². The van der Waals surface area contributed by atoms with Crippen LogP contribution in [0.15, 0.2) is 42.6 Å². The fourth-order valence-electron chi connectivity index (χ4n) is 4.64. The van der Waals surface area contributed by atoms with Crippen LogP contribution in [0.5, 0.6) is 0 Å². The maximum Gasteiger partial charge on any atom is 0.310 e. The number of imide groups is 1. The van der Waals surface area contributed by atoms with Gasteiger partial charge in [-0.2, -0.15) is 0 Å². The third-order valence-electron chi connectivity index (χ3n) is 6.31. The number of hydrogen-bond acceptors (Lipinski definition) is 5. The zero-order valence-corrected chi connectivity index (χ0v) is 18.1. The summed E-state index contributed by atoms with van der Waals surface area (Å²) in [5.41, 5.74) is 2.37. The van der Waals surface area contributed by atoms with E-state index in [1.54, 1.807) is 34.8 Å². The molecule has 168 valence electrons. The number of benzene rings is 1. The summed E-state index contributed by atoms with van der Waals surface area (Å²) in [7, 11) is 1.69. The van der Waals surface area contributed by atoms with Gasteiger partial charge in [0.15, 0.2) is 6.61 Å². The molecule has 1 aromatic heterocycles. The standard InChI is InChI=1S/C24H27N3O5/c1-26-13-6-11-20(26)22(29)25-21(28)15-32-24(31)18-9-4-3-8-17(18)23(30)27-14-12-16-7-2-5-10-19(16)27/h2,5-7,10-11,13,17-18H,3-4,8-9,12,14-15H2,1H3,(H,25,28,29). The van der Waals surface area contributed by atoms with Gasteiger partial charge in [0, 0.05) is 25.5 Å². The van der Waals surface area contributed by atoms with E-state index in [9.17, 15) is 19.2 Å². The number of aromatic nitrogens is 1. The monoisotopic (exact) mass is 437 g/mol. The van der Waals surface area contributed by atoms with E-state index in [-0.39, 0.29) is 5.91 Å². The Bertz CT molecular complexity index is 1040. The Morgan fingerprint density at radius 2 is 1.78 bits per heavy atom. The third-order valence-corrected chi connectivity index (χ3v) is 6.31. The molecule has 2 atom stereocenters. The van der Waals surface area contributed by atoms with E-state index in [0.717, 1.165) is 30.5 Å². The average molecular weight is 437 g/mol. The van der Waals surface area contributed by atoms with E-state index in [1.807, 2.05) is 24.3 Å². The number of carbonyl (C=O) groups is 4. The highest BCUT2D eigenvalue weighted by molar-refractivity contribution is 6.04. The van der Waals surface area contributed by atoms with Crippen LogP contribution in [0.4, 0.5) is 5.69 Å². The van der Waals surface area contributed by atoms with Crippen molar-refractivity contribution in [3.05, 3.63) is 53.9 Å². The van der Waals surface area contributed by atoms with Gasteiger partial charge in [-0.05, 0) is 43.0 Å². The molecule has 1 fully saturated rings. The fourth-order valence-corrected chi connectivity index (χ4v) is 4.64. The van der Waals surface area contributed by atoms with Crippen molar-refractivity contribution in [3.63, 3.8) is 0 Å². The summed E-state index contributed by atoms with van der Waals surface area (Å²) >= 11 is 0. The summed E-state index contributed by atoms with van der Waals surface area (Å²) in [5.74, 6) is -2.92. The quantitative estimate of drug-likeness (QED) is 0.724. The minimum atomic E-state index is -0.697. The third kappa shape index (κ3) is 4.44. The summed E-state index contributed by atoms with van der Waals surface area (Å²) in [6.45, 7) is 0.0546. The number of fused-ring (bicyclic) bond motifs is 1. The zero-order chi connectivity index (χ0) is 22.7. The van der Waals surface area contributed by atoms with Crippen LogP contribution in [-0.2, 0) is 32.6 Å². The summed E-state index contributed by atoms with van der Waals surface area (Å²) < 4.78 is 6.81. The van der Waals surface area contributed by atoms with E-state index >= 15 is 0 Å². The Hall–Kier alpha value is -3.42. The molecule has 4 rings (SSSR count). The summed E-state index contributed by atoms with van der Waals surface area (Å²) in [6, 6.07) is 11.1. The molecule has 2 heterocycles. The van der Waals surface area contributed by atoms with Crippen LogP contribution in [0.1, 0.15) is 41.7 Å². The van der Waals surface area contributed by atoms with Gasteiger partial charge in [0.25, 0.3) is 11.8 Å². The smallest absolute Gasteiger partial charge is 0.310 e. The number of anilines is 1. The first-order valence-electron chi connectivity index (χ1n) is 11.0. The van der Waals surface area contributed by atoms with Crippen LogP contribution >= 0.6 is 0 Å². The van der Waals surface area contributed by atoms with Gasteiger partial charge in [0.1, 0.15) is 5.69 Å². The van der Waals surface area contributed by atoms with Crippen LogP contribution in [-0.4, -0.2) is 41.4 Å². The normalized spacial score (nSPS) is 19.8. The first kappa shape index (κ1) is 21.8. The van der Waals surface area contributed by atoms with Gasteiger partial charge >= 0.3 is 5.97 Å². The second-order valence-corrected chi connectivity index (χ2v) is 8.36. The Morgan fingerprint density at radius 3 is 2.53 bits per heavy atom. The summed E-state index contributed by atoms with van der Waals surface area (Å²) in [4.78, 5) is 52.1. The summed E-state index contributed by atoms with van der Waals surface area (Å²) in [5, 5.41) is 2.22. The van der Waals surface area contributed by atoms with Crippen molar-refractivity contribution in [3.8, 4) is 0 Å². The largest absolute Gasteiger partial charge is 0.455 e. The lowest BCUT2D eigenvalue weighted by Gasteiger charge is -2.32. The SMILES string of the molecule is Cn1cccc1C(=O)NC(=O)COC(=O)C1CCCCC1C(=O)N1CCc2ccccc21. The Balaban J connectivity index is 1.36. The Labute approximate surface area is 186 Å². The predicted octanol–water partition coefficient (Wildman–Crippen LogP) is 2.22. The highest BCUT2D eigenvalue weighted by Gasteiger charge is 2.40. The van der Waals surface area contributed by atoms with Gasteiger partial charge in [-0.25, -0.2) is 0 Å². The number of ether oxygens (including phenoxy) is 1. The van der Waals surface area contributed by atoms with Crippen molar-refractivity contribution in [1.82, 2.24) is 9.88 Å². The maximum absolute atomic E-state index is 13.3. The zero-order valence-electron chi connectivity index (χ0n) is 18.1. The van der Waals surface area contributed by atoms with Gasteiger partial charge in [-0.3, -0.25) is 24.5 Å². The number of nitrogens with one attached hydrogen (secondary N) is 1. The second-order valence-electron chi connectivity index (χ2n) is 8.36. The molecule has 2 aromatic rings. The first-order chi connectivity index (χ1) is 15.5. The molecule has 1 aromatic carbocycles. The molecule has 1 N–H and O–H groups in total. The first-order valence-corrected chi connectivity index (χ1v) is 11.0. The number of nitrogens with zero attached hydrogens (tertiary/aromatic N) is 2. The van der Waals surface area contributed by atoms with Crippen molar-refractivity contribution < 1.29 is 23.9 Å². The number of esters is 1. The molecule has 1 aliphatic heterocycles. The number of carbonyl (C=O) groups excluding carboxylic acids is 4. The molecule has 2 aliphatic rings. The van der Waals surface area contributed by atoms with E-state index in [1.165, 1.54) is 0 Å². The molecule has 3 amide bonds. The molecule has 8 heteroatoms. The van der Waals surface area contributed by atoms with E-state index in [0.29, 0.717) is 25.1 Å². The lowest BCUT2D eigenvalue weighted by molar-refractivity contribution is -0.157. The summed E-state index contributed by atoms with van der Waals surface area (Å²) in [6.07, 6.45) is 5.38. The van der Waals surface area contributed by atoms with Crippen molar-refractivity contribution in [2.24, 2.45) is 18.9 Å². The minimum absolute atomic E-state index is 0.0556. The number of rotatable bonds is 5. The molecule has 2 unspecified atom stereocenters. The predicted molar refractivity (Wildman–Crippen MR) is 117 cm³/mol. The van der Waals surface area contributed by atoms with Crippen molar-refractivity contribution in [2.75, 3.05) is 18.1 Å². The van der Waals surface area contributed by atoms with Gasteiger partial charge < -0.3 is 14.2 Å². The molecule has 32 heavy (non-hydrogen) atoms. The van der Waals surface area contributed by atoms with Crippen LogP contribution in [0.25, 0.3) is 0 Å². The minimum Gasteiger partial charge on any atom is -0.455 e. The van der Waals surface area contributed by atoms with Crippen molar-refractivity contribution >= 4 is 29.4 Å².